The maximum Gasteiger partial charge on any atom is 0.307 e. The van der Waals surface area contributed by atoms with Crippen molar-refractivity contribution < 1.29 is 24.5 Å². The molecule has 0 aromatic heterocycles. The third kappa shape index (κ3) is 2.30. The van der Waals surface area contributed by atoms with Gasteiger partial charge in [-0.2, -0.15) is 0 Å². The first-order chi connectivity index (χ1) is 8.28. The molecule has 0 amide bonds. The fraction of sp³-hybridized carbons (Fsp3) is 0.385. The maximum absolute atomic E-state index is 12.0. The Morgan fingerprint density at radius 2 is 2.11 bits per heavy atom. The Hall–Kier alpha value is -2.04. The molecule has 5 heteroatoms. The van der Waals surface area contributed by atoms with Gasteiger partial charge < -0.3 is 14.9 Å². The van der Waals surface area contributed by atoms with Crippen molar-refractivity contribution in [2.24, 2.45) is 0 Å². The van der Waals surface area contributed by atoms with Gasteiger partial charge in [0.25, 0.3) is 0 Å². The molecule has 1 heterocycles. The number of carboxylic acid groups (broad SMARTS) is 1. The molecule has 1 aromatic carbocycles. The fourth-order valence-corrected chi connectivity index (χ4v) is 2.09. The number of aliphatic carboxylic acids is 1. The Kier molecular flexibility index (Phi) is 2.77. The third-order valence-corrected chi connectivity index (χ3v) is 2.76. The van der Waals surface area contributed by atoms with Gasteiger partial charge >= 0.3 is 5.97 Å². The average molecular weight is 250 g/mol. The van der Waals surface area contributed by atoms with Crippen LogP contribution in [0.4, 0.5) is 0 Å². The topological polar surface area (TPSA) is 83.8 Å². The maximum atomic E-state index is 12.0. The zero-order chi connectivity index (χ0) is 13.5. The summed E-state index contributed by atoms with van der Waals surface area (Å²) in [5, 5.41) is 18.4. The van der Waals surface area contributed by atoms with Gasteiger partial charge in [0, 0.05) is 5.56 Å². The SMILES string of the molecule is CC1(C)CC(=O)c2cc(O)cc(CC(=O)O)c2O1. The predicted molar refractivity (Wildman–Crippen MR) is 63.1 cm³/mol. The van der Waals surface area contributed by atoms with Crippen LogP contribution >= 0.6 is 0 Å². The van der Waals surface area contributed by atoms with Crippen molar-refractivity contribution in [2.45, 2.75) is 32.3 Å². The minimum Gasteiger partial charge on any atom is -0.508 e. The monoisotopic (exact) mass is 250 g/mol. The summed E-state index contributed by atoms with van der Waals surface area (Å²) in [6.07, 6.45) is -0.0872. The first-order valence-electron chi connectivity index (χ1n) is 5.58. The highest BCUT2D eigenvalue weighted by Crippen LogP contribution is 2.38. The van der Waals surface area contributed by atoms with Crippen LogP contribution in [0.1, 0.15) is 36.2 Å². The molecule has 18 heavy (non-hydrogen) atoms. The van der Waals surface area contributed by atoms with Crippen LogP contribution in [0, 0.1) is 0 Å². The van der Waals surface area contributed by atoms with Crippen molar-refractivity contribution in [3.8, 4) is 11.5 Å². The van der Waals surface area contributed by atoms with Crippen LogP contribution in [0.25, 0.3) is 0 Å². The summed E-state index contributed by atoms with van der Waals surface area (Å²) in [4.78, 5) is 22.7. The minimum absolute atomic E-state index is 0.123. The number of fused-ring (bicyclic) bond motifs is 1. The number of carbonyl (C=O) groups excluding carboxylic acids is 1. The van der Waals surface area contributed by atoms with Crippen molar-refractivity contribution in [3.63, 3.8) is 0 Å². The average Bonchev–Trinajstić information content (AvgIpc) is 2.18. The van der Waals surface area contributed by atoms with E-state index in [2.05, 4.69) is 0 Å². The van der Waals surface area contributed by atoms with E-state index < -0.39 is 11.6 Å². The van der Waals surface area contributed by atoms with E-state index in [-0.39, 0.29) is 35.7 Å². The number of aromatic hydroxyl groups is 1. The lowest BCUT2D eigenvalue weighted by atomic mass is 9.91. The number of phenolic OH excluding ortho intramolecular Hbond substituents is 1. The number of rotatable bonds is 2. The lowest BCUT2D eigenvalue weighted by Crippen LogP contribution is -2.36. The summed E-state index contributed by atoms with van der Waals surface area (Å²) in [5.41, 5.74) is -0.0851. The largest absolute Gasteiger partial charge is 0.508 e. The standard InChI is InChI=1S/C13H14O5/c1-13(2)6-10(15)9-5-8(14)3-7(4-11(16)17)12(9)18-13/h3,5,14H,4,6H2,1-2H3,(H,16,17). The molecule has 2 rings (SSSR count). The molecule has 1 aromatic rings. The number of hydrogen-bond donors (Lipinski definition) is 2. The molecular formula is C13H14O5. The van der Waals surface area contributed by atoms with Gasteiger partial charge in [0.1, 0.15) is 17.1 Å². The number of benzene rings is 1. The van der Waals surface area contributed by atoms with Gasteiger partial charge in [-0.3, -0.25) is 9.59 Å². The van der Waals surface area contributed by atoms with Crippen LogP contribution in [0.15, 0.2) is 12.1 Å². The van der Waals surface area contributed by atoms with Crippen LogP contribution in [0.5, 0.6) is 11.5 Å². The predicted octanol–water partition coefficient (Wildman–Crippen LogP) is 1.76. The molecule has 0 radical (unpaired) electrons. The molecule has 96 valence electrons. The second kappa shape index (κ2) is 4.01. The molecular weight excluding hydrogens is 236 g/mol. The number of ketones is 1. The van der Waals surface area contributed by atoms with Gasteiger partial charge in [-0.1, -0.05) is 0 Å². The van der Waals surface area contributed by atoms with Gasteiger partial charge in [-0.15, -0.1) is 0 Å². The molecule has 0 bridgehead atoms. The van der Waals surface area contributed by atoms with E-state index in [4.69, 9.17) is 9.84 Å². The quantitative estimate of drug-likeness (QED) is 0.835. The van der Waals surface area contributed by atoms with E-state index in [0.29, 0.717) is 5.56 Å². The lowest BCUT2D eigenvalue weighted by Gasteiger charge is -2.32. The van der Waals surface area contributed by atoms with Crippen molar-refractivity contribution in [3.05, 3.63) is 23.3 Å². The Morgan fingerprint density at radius 1 is 1.44 bits per heavy atom. The first kappa shape index (κ1) is 12.4. The summed E-state index contributed by atoms with van der Waals surface area (Å²) in [6.45, 7) is 3.54. The Labute approximate surface area is 104 Å². The normalized spacial score (nSPS) is 16.9. The van der Waals surface area contributed by atoms with E-state index in [0.717, 1.165) is 0 Å². The Balaban J connectivity index is 2.56. The number of carboxylic acids is 1. The van der Waals surface area contributed by atoms with Gasteiger partial charge in [0.05, 0.1) is 18.4 Å². The molecule has 1 aliphatic heterocycles. The van der Waals surface area contributed by atoms with Crippen molar-refractivity contribution in [1.29, 1.82) is 0 Å². The summed E-state index contributed by atoms with van der Waals surface area (Å²) >= 11 is 0. The molecule has 2 N–H and O–H groups in total. The highest BCUT2D eigenvalue weighted by molar-refractivity contribution is 6.01. The van der Waals surface area contributed by atoms with E-state index in [1.165, 1.54) is 12.1 Å². The molecule has 0 spiro atoms. The van der Waals surface area contributed by atoms with Gasteiger partial charge in [0.2, 0.25) is 0 Å². The third-order valence-electron chi connectivity index (χ3n) is 2.76. The molecule has 0 unspecified atom stereocenters. The molecule has 1 aliphatic rings. The molecule has 0 fully saturated rings. The van der Waals surface area contributed by atoms with Gasteiger partial charge in [-0.25, -0.2) is 0 Å². The van der Waals surface area contributed by atoms with Crippen LogP contribution in [0.3, 0.4) is 0 Å². The van der Waals surface area contributed by atoms with Crippen LogP contribution in [-0.4, -0.2) is 27.6 Å². The van der Waals surface area contributed by atoms with Crippen LogP contribution < -0.4 is 4.74 Å². The van der Waals surface area contributed by atoms with Crippen LogP contribution in [0.2, 0.25) is 0 Å². The molecule has 5 nitrogen and oxygen atoms in total. The molecule has 0 aliphatic carbocycles. The summed E-state index contributed by atoms with van der Waals surface area (Å²) < 4.78 is 5.68. The zero-order valence-corrected chi connectivity index (χ0v) is 10.2. The highest BCUT2D eigenvalue weighted by Gasteiger charge is 2.34. The lowest BCUT2D eigenvalue weighted by molar-refractivity contribution is -0.136. The summed E-state index contributed by atoms with van der Waals surface area (Å²) in [7, 11) is 0. The Morgan fingerprint density at radius 3 is 2.72 bits per heavy atom. The highest BCUT2D eigenvalue weighted by atomic mass is 16.5. The number of hydrogen-bond acceptors (Lipinski definition) is 4. The van der Waals surface area contributed by atoms with Crippen molar-refractivity contribution in [2.75, 3.05) is 0 Å². The molecule has 0 saturated heterocycles. The van der Waals surface area contributed by atoms with E-state index in [9.17, 15) is 14.7 Å². The second-order valence-electron chi connectivity index (χ2n) is 5.01. The fourth-order valence-electron chi connectivity index (χ4n) is 2.09. The van der Waals surface area contributed by atoms with E-state index in [1.54, 1.807) is 13.8 Å². The smallest absolute Gasteiger partial charge is 0.307 e. The number of phenols is 1. The summed E-state index contributed by atoms with van der Waals surface area (Å²) in [5.74, 6) is -1.04. The number of ether oxygens (including phenoxy) is 1. The van der Waals surface area contributed by atoms with E-state index >= 15 is 0 Å². The van der Waals surface area contributed by atoms with Crippen LogP contribution in [-0.2, 0) is 11.2 Å². The van der Waals surface area contributed by atoms with Gasteiger partial charge in [-0.05, 0) is 26.0 Å². The Bertz CT molecular complexity index is 530. The van der Waals surface area contributed by atoms with E-state index in [1.807, 2.05) is 0 Å². The minimum atomic E-state index is -1.04. The molecule has 0 atom stereocenters. The number of Topliss-reactive ketones (excluding diaryl/α,β-unsaturated/α-hetero) is 1. The number of carbonyl (C=O) groups is 2. The van der Waals surface area contributed by atoms with Crippen molar-refractivity contribution in [1.82, 2.24) is 0 Å². The molecule has 0 saturated carbocycles. The second-order valence-corrected chi connectivity index (χ2v) is 5.01. The summed E-state index contributed by atoms with van der Waals surface area (Å²) in [6, 6.07) is 2.64. The van der Waals surface area contributed by atoms with Crippen molar-refractivity contribution >= 4 is 11.8 Å². The van der Waals surface area contributed by atoms with Gasteiger partial charge in [0.15, 0.2) is 5.78 Å². The first-order valence-corrected chi connectivity index (χ1v) is 5.58. The zero-order valence-electron chi connectivity index (χ0n) is 10.2.